The Kier molecular flexibility index (Phi) is 5.57. The Morgan fingerprint density at radius 1 is 0.704 bits per heavy atom. The number of hydrogen-bond donors (Lipinski definition) is 0. The molecule has 3 aromatic carbocycles. The van der Waals surface area contributed by atoms with E-state index in [1.807, 2.05) is 19.9 Å². The minimum atomic E-state index is -0.648. The molecule has 0 aromatic heterocycles. The van der Waals surface area contributed by atoms with E-state index in [9.17, 15) is 9.59 Å². The van der Waals surface area contributed by atoms with Crippen molar-refractivity contribution in [1.82, 2.24) is 0 Å². The molecule has 0 unspecified atom stereocenters. The molecular weight excluding hydrogens is 364 g/mol. The van der Waals surface area contributed by atoms with Gasteiger partial charge in [0.25, 0.3) is 0 Å². The van der Waals surface area contributed by atoms with Crippen molar-refractivity contribution in [1.29, 1.82) is 0 Å². The van der Waals surface area contributed by atoms with E-state index in [0.717, 1.165) is 11.1 Å². The Labute approximate surface area is 162 Å². The van der Waals surface area contributed by atoms with E-state index in [4.69, 9.17) is 21.1 Å². The summed E-state index contributed by atoms with van der Waals surface area (Å²) in [6.45, 7) is 3.91. The molecule has 0 heterocycles. The van der Waals surface area contributed by atoms with Gasteiger partial charge in [0.15, 0.2) is 0 Å². The van der Waals surface area contributed by atoms with Gasteiger partial charge in [0.05, 0.1) is 11.1 Å². The van der Waals surface area contributed by atoms with Gasteiger partial charge in [0.2, 0.25) is 0 Å². The van der Waals surface area contributed by atoms with Gasteiger partial charge in [-0.05, 0) is 73.5 Å². The zero-order valence-electron chi connectivity index (χ0n) is 14.9. The van der Waals surface area contributed by atoms with Crippen LogP contribution in [0.1, 0.15) is 31.8 Å². The lowest BCUT2D eigenvalue weighted by molar-refractivity contribution is 0.0692. The lowest BCUT2D eigenvalue weighted by atomic mass is 10.1. The van der Waals surface area contributed by atoms with E-state index < -0.39 is 11.9 Å². The van der Waals surface area contributed by atoms with Crippen LogP contribution in [0.5, 0.6) is 11.5 Å². The van der Waals surface area contributed by atoms with Crippen LogP contribution in [0.25, 0.3) is 0 Å². The molecule has 0 spiro atoms. The smallest absolute Gasteiger partial charge is 0.344 e. The van der Waals surface area contributed by atoms with Gasteiger partial charge in [-0.2, -0.15) is 0 Å². The van der Waals surface area contributed by atoms with Crippen molar-refractivity contribution in [2.45, 2.75) is 13.8 Å². The number of rotatable bonds is 4. The largest absolute Gasteiger partial charge is 0.423 e. The molecule has 0 aliphatic rings. The molecule has 0 fully saturated rings. The molecule has 27 heavy (non-hydrogen) atoms. The van der Waals surface area contributed by atoms with Crippen molar-refractivity contribution in [3.05, 3.63) is 94.0 Å². The summed E-state index contributed by atoms with van der Waals surface area (Å²) in [5.74, 6) is -0.516. The fourth-order valence-electron chi connectivity index (χ4n) is 2.44. The summed E-state index contributed by atoms with van der Waals surface area (Å²) in [7, 11) is 0. The highest BCUT2D eigenvalue weighted by molar-refractivity contribution is 6.30. The average Bonchev–Trinajstić information content (AvgIpc) is 2.66. The number of esters is 2. The summed E-state index contributed by atoms with van der Waals surface area (Å²) in [4.78, 5) is 25.1. The van der Waals surface area contributed by atoms with Crippen molar-refractivity contribution in [2.24, 2.45) is 0 Å². The standard InChI is InChI=1S/C22H17ClO4/c1-14-7-10-18(13-15(14)2)27-22(25)20-6-4-3-5-19(20)21(24)26-17-11-8-16(23)9-12-17/h3-13H,1-2H3. The molecular formula is C22H17ClO4. The van der Waals surface area contributed by atoms with Gasteiger partial charge in [-0.25, -0.2) is 9.59 Å². The number of aryl methyl sites for hydroxylation is 2. The van der Waals surface area contributed by atoms with Crippen LogP contribution < -0.4 is 9.47 Å². The second kappa shape index (κ2) is 8.06. The van der Waals surface area contributed by atoms with Crippen molar-refractivity contribution < 1.29 is 19.1 Å². The van der Waals surface area contributed by atoms with Gasteiger partial charge < -0.3 is 9.47 Å². The second-order valence-electron chi connectivity index (χ2n) is 6.02. The van der Waals surface area contributed by atoms with Crippen molar-refractivity contribution >= 4 is 23.5 Å². The van der Waals surface area contributed by atoms with E-state index in [1.165, 1.54) is 12.1 Å². The molecule has 0 amide bonds. The number of hydrogen-bond acceptors (Lipinski definition) is 4. The van der Waals surface area contributed by atoms with Gasteiger partial charge in [-0.15, -0.1) is 0 Å². The third-order valence-corrected chi connectivity index (χ3v) is 4.33. The number of benzene rings is 3. The minimum Gasteiger partial charge on any atom is -0.423 e. The maximum absolute atomic E-state index is 12.6. The normalized spacial score (nSPS) is 10.3. The third kappa shape index (κ3) is 4.54. The molecule has 0 bridgehead atoms. The van der Waals surface area contributed by atoms with Crippen LogP contribution in [0.15, 0.2) is 66.7 Å². The predicted octanol–water partition coefficient (Wildman–Crippen LogP) is 5.40. The van der Waals surface area contributed by atoms with Crippen molar-refractivity contribution in [3.8, 4) is 11.5 Å². The maximum atomic E-state index is 12.6. The summed E-state index contributed by atoms with van der Waals surface area (Å²) in [6.07, 6.45) is 0. The Morgan fingerprint density at radius 2 is 1.22 bits per heavy atom. The lowest BCUT2D eigenvalue weighted by Gasteiger charge is -2.10. The first kappa shape index (κ1) is 18.7. The van der Waals surface area contributed by atoms with Gasteiger partial charge in [0.1, 0.15) is 11.5 Å². The summed E-state index contributed by atoms with van der Waals surface area (Å²) < 4.78 is 10.8. The first-order valence-electron chi connectivity index (χ1n) is 8.30. The fourth-order valence-corrected chi connectivity index (χ4v) is 2.57. The average molecular weight is 381 g/mol. The molecule has 3 aromatic rings. The van der Waals surface area contributed by atoms with Gasteiger partial charge in [-0.1, -0.05) is 29.8 Å². The summed E-state index contributed by atoms with van der Waals surface area (Å²) in [5.41, 5.74) is 2.37. The number of ether oxygens (including phenoxy) is 2. The molecule has 0 atom stereocenters. The summed E-state index contributed by atoms with van der Waals surface area (Å²) >= 11 is 5.83. The molecule has 5 heteroatoms. The van der Waals surface area contributed by atoms with Crippen LogP contribution >= 0.6 is 11.6 Å². The van der Waals surface area contributed by atoms with Crippen LogP contribution in [0.3, 0.4) is 0 Å². The summed E-state index contributed by atoms with van der Waals surface area (Å²) in [5, 5.41) is 0.534. The van der Waals surface area contributed by atoms with Crippen LogP contribution in [-0.4, -0.2) is 11.9 Å². The predicted molar refractivity (Wildman–Crippen MR) is 104 cm³/mol. The number of carbonyl (C=O) groups is 2. The quantitative estimate of drug-likeness (QED) is 0.449. The molecule has 3 rings (SSSR count). The van der Waals surface area contributed by atoms with Crippen LogP contribution in [0.4, 0.5) is 0 Å². The SMILES string of the molecule is Cc1ccc(OC(=O)c2ccccc2C(=O)Oc2ccc(Cl)cc2)cc1C. The molecule has 4 nitrogen and oxygen atoms in total. The third-order valence-electron chi connectivity index (χ3n) is 4.08. The van der Waals surface area contributed by atoms with Gasteiger partial charge in [0, 0.05) is 5.02 Å². The highest BCUT2D eigenvalue weighted by Crippen LogP contribution is 2.21. The Balaban J connectivity index is 1.82. The topological polar surface area (TPSA) is 52.6 Å². The molecule has 136 valence electrons. The fraction of sp³-hybridized carbons (Fsp3) is 0.0909. The van der Waals surface area contributed by atoms with Crippen LogP contribution in [0, 0.1) is 13.8 Å². The molecule has 0 N–H and O–H groups in total. The molecule has 0 saturated heterocycles. The molecule has 0 saturated carbocycles. The van der Waals surface area contributed by atoms with E-state index in [1.54, 1.807) is 48.5 Å². The number of halogens is 1. The van der Waals surface area contributed by atoms with Crippen molar-refractivity contribution in [3.63, 3.8) is 0 Å². The van der Waals surface area contributed by atoms with E-state index >= 15 is 0 Å². The molecule has 0 radical (unpaired) electrons. The highest BCUT2D eigenvalue weighted by atomic mass is 35.5. The zero-order valence-corrected chi connectivity index (χ0v) is 15.6. The van der Waals surface area contributed by atoms with Gasteiger partial charge >= 0.3 is 11.9 Å². The second-order valence-corrected chi connectivity index (χ2v) is 6.46. The minimum absolute atomic E-state index is 0.126. The van der Waals surface area contributed by atoms with E-state index in [-0.39, 0.29) is 11.1 Å². The Bertz CT molecular complexity index is 993. The van der Waals surface area contributed by atoms with Crippen LogP contribution in [-0.2, 0) is 0 Å². The molecule has 0 aliphatic carbocycles. The maximum Gasteiger partial charge on any atom is 0.344 e. The Morgan fingerprint density at radius 3 is 1.78 bits per heavy atom. The molecule has 0 aliphatic heterocycles. The summed E-state index contributed by atoms with van der Waals surface area (Å²) in [6, 6.07) is 18.1. The first-order valence-corrected chi connectivity index (χ1v) is 8.68. The van der Waals surface area contributed by atoms with Gasteiger partial charge in [-0.3, -0.25) is 0 Å². The first-order chi connectivity index (χ1) is 12.9. The number of carbonyl (C=O) groups excluding carboxylic acids is 2. The monoisotopic (exact) mass is 380 g/mol. The van der Waals surface area contributed by atoms with Crippen molar-refractivity contribution in [2.75, 3.05) is 0 Å². The highest BCUT2D eigenvalue weighted by Gasteiger charge is 2.20. The lowest BCUT2D eigenvalue weighted by Crippen LogP contribution is -2.17. The van der Waals surface area contributed by atoms with Crippen LogP contribution in [0.2, 0.25) is 5.02 Å². The van der Waals surface area contributed by atoms with E-state index in [0.29, 0.717) is 16.5 Å². The Hall–Kier alpha value is -3.11. The van der Waals surface area contributed by atoms with E-state index in [2.05, 4.69) is 0 Å². The zero-order chi connectivity index (χ0) is 19.4.